The zero-order valence-electron chi connectivity index (χ0n) is 16.8. The van der Waals surface area contributed by atoms with Crippen molar-refractivity contribution in [3.63, 3.8) is 0 Å². The minimum Gasteiger partial charge on any atom is -0.481 e. The fourth-order valence-corrected chi connectivity index (χ4v) is 5.18. The quantitative estimate of drug-likeness (QED) is 0.557. The predicted octanol–water partition coefficient (Wildman–Crippen LogP) is 5.42. The maximum Gasteiger partial charge on any atom is 0.407 e. The average Bonchev–Trinajstić information content (AvgIpc) is 3.22. The number of rotatable bonds is 6. The molecule has 2 aromatic carbocycles. The lowest BCUT2D eigenvalue weighted by Gasteiger charge is -2.19. The molecule has 1 heterocycles. The van der Waals surface area contributed by atoms with Gasteiger partial charge in [0, 0.05) is 15.7 Å². The molecule has 30 heavy (non-hydrogen) atoms. The van der Waals surface area contributed by atoms with Gasteiger partial charge in [0.1, 0.15) is 6.61 Å². The first-order valence-electron chi connectivity index (χ1n) is 9.84. The third-order valence-electron chi connectivity index (χ3n) is 5.47. The van der Waals surface area contributed by atoms with Crippen LogP contribution in [0, 0.1) is 13.8 Å². The summed E-state index contributed by atoms with van der Waals surface area (Å²) < 4.78 is 5.58. The number of aliphatic carboxylic acids is 1. The van der Waals surface area contributed by atoms with Gasteiger partial charge in [-0.1, -0.05) is 48.5 Å². The van der Waals surface area contributed by atoms with E-state index in [-0.39, 0.29) is 18.9 Å². The first kappa shape index (κ1) is 20.2. The van der Waals surface area contributed by atoms with Crippen molar-refractivity contribution < 1.29 is 19.4 Å². The number of fused-ring (bicyclic) bond motifs is 3. The molecule has 0 aliphatic heterocycles. The summed E-state index contributed by atoms with van der Waals surface area (Å²) in [5.41, 5.74) is 5.43. The molecule has 0 radical (unpaired) electrons. The van der Waals surface area contributed by atoms with E-state index in [0.717, 1.165) is 37.6 Å². The molecule has 2 N–H and O–H groups in total. The molecule has 0 spiro atoms. The largest absolute Gasteiger partial charge is 0.481 e. The van der Waals surface area contributed by atoms with Crippen molar-refractivity contribution in [2.24, 2.45) is 0 Å². The van der Waals surface area contributed by atoms with Crippen LogP contribution in [0.1, 0.15) is 44.8 Å². The van der Waals surface area contributed by atoms with Crippen LogP contribution in [-0.4, -0.2) is 23.8 Å². The van der Waals surface area contributed by atoms with Gasteiger partial charge in [0.15, 0.2) is 0 Å². The molecule has 154 valence electrons. The SMILES string of the molecule is Cc1cc(C(CC(=O)O)NC(=O)OCC2c3ccccc3-c3ccccc32)c(C)s1. The average molecular weight is 422 g/mol. The molecule has 0 saturated carbocycles. The van der Waals surface area contributed by atoms with Gasteiger partial charge < -0.3 is 15.2 Å². The number of hydrogen-bond acceptors (Lipinski definition) is 4. The third kappa shape index (κ3) is 3.96. The van der Waals surface area contributed by atoms with Crippen molar-refractivity contribution in [1.29, 1.82) is 0 Å². The Morgan fingerprint density at radius 3 is 2.20 bits per heavy atom. The Labute approximate surface area is 179 Å². The number of amides is 1. The van der Waals surface area contributed by atoms with Crippen molar-refractivity contribution in [2.75, 3.05) is 6.61 Å². The lowest BCUT2D eigenvalue weighted by Crippen LogP contribution is -2.31. The molecule has 0 fully saturated rings. The van der Waals surface area contributed by atoms with E-state index in [1.165, 1.54) is 0 Å². The van der Waals surface area contributed by atoms with Crippen molar-refractivity contribution in [3.8, 4) is 11.1 Å². The van der Waals surface area contributed by atoms with Crippen LogP contribution in [0.15, 0.2) is 54.6 Å². The number of aryl methyl sites for hydroxylation is 2. The number of carboxylic acids is 1. The first-order valence-corrected chi connectivity index (χ1v) is 10.7. The second-order valence-corrected chi connectivity index (χ2v) is 8.95. The number of thiophene rings is 1. The summed E-state index contributed by atoms with van der Waals surface area (Å²) in [5, 5.41) is 12.0. The fourth-order valence-electron chi connectivity index (χ4n) is 4.19. The first-order chi connectivity index (χ1) is 14.4. The summed E-state index contributed by atoms with van der Waals surface area (Å²) in [6.07, 6.45) is -0.798. The second-order valence-electron chi connectivity index (χ2n) is 7.49. The predicted molar refractivity (Wildman–Crippen MR) is 117 cm³/mol. The molecule has 0 saturated heterocycles. The molecular formula is C24H23NO4S. The Morgan fingerprint density at radius 2 is 1.67 bits per heavy atom. The maximum atomic E-state index is 12.6. The highest BCUT2D eigenvalue weighted by Crippen LogP contribution is 2.44. The Bertz CT molecular complexity index is 1060. The minimum absolute atomic E-state index is 0.0359. The number of carbonyl (C=O) groups is 2. The Morgan fingerprint density at radius 1 is 1.07 bits per heavy atom. The van der Waals surface area contributed by atoms with E-state index < -0.39 is 18.1 Å². The van der Waals surface area contributed by atoms with Crippen LogP contribution in [0.25, 0.3) is 11.1 Å². The van der Waals surface area contributed by atoms with Crippen LogP contribution in [0.5, 0.6) is 0 Å². The molecule has 1 aliphatic carbocycles. The Kier molecular flexibility index (Phi) is 5.59. The number of benzene rings is 2. The van der Waals surface area contributed by atoms with E-state index in [1.54, 1.807) is 11.3 Å². The smallest absolute Gasteiger partial charge is 0.407 e. The molecule has 5 nitrogen and oxygen atoms in total. The summed E-state index contributed by atoms with van der Waals surface area (Å²) in [7, 11) is 0. The zero-order valence-corrected chi connectivity index (χ0v) is 17.7. The topological polar surface area (TPSA) is 75.6 Å². The van der Waals surface area contributed by atoms with E-state index in [0.29, 0.717) is 0 Å². The Balaban J connectivity index is 1.49. The summed E-state index contributed by atoms with van der Waals surface area (Å²) in [4.78, 5) is 26.0. The van der Waals surface area contributed by atoms with Crippen molar-refractivity contribution in [1.82, 2.24) is 5.32 Å². The molecule has 1 aromatic heterocycles. The molecular weight excluding hydrogens is 398 g/mol. The normalized spacial score (nSPS) is 13.4. The van der Waals surface area contributed by atoms with Gasteiger partial charge in [0.2, 0.25) is 0 Å². The van der Waals surface area contributed by atoms with Crippen molar-refractivity contribution >= 4 is 23.4 Å². The van der Waals surface area contributed by atoms with E-state index in [9.17, 15) is 14.7 Å². The minimum atomic E-state index is -0.970. The summed E-state index contributed by atoms with van der Waals surface area (Å²) in [6.45, 7) is 4.09. The molecule has 4 rings (SSSR count). The van der Waals surface area contributed by atoms with Gasteiger partial charge in [-0.25, -0.2) is 4.79 Å². The summed E-state index contributed by atoms with van der Waals surface area (Å²) in [5.74, 6) is -1.01. The third-order valence-corrected chi connectivity index (χ3v) is 6.45. The van der Waals surface area contributed by atoms with E-state index in [2.05, 4.69) is 29.6 Å². The van der Waals surface area contributed by atoms with Gasteiger partial charge in [-0.05, 0) is 47.7 Å². The standard InChI is InChI=1S/C24H23NO4S/c1-14-11-20(15(2)30-14)22(12-23(26)27)25-24(28)29-13-21-18-9-5-3-7-16(18)17-8-4-6-10-19(17)21/h3-11,21-22H,12-13H2,1-2H3,(H,25,28)(H,26,27). The van der Waals surface area contributed by atoms with Gasteiger partial charge in [0.25, 0.3) is 0 Å². The molecule has 1 aliphatic rings. The lowest BCUT2D eigenvalue weighted by atomic mass is 9.98. The van der Waals surface area contributed by atoms with Crippen LogP contribution in [0.4, 0.5) is 4.79 Å². The van der Waals surface area contributed by atoms with Crippen molar-refractivity contribution in [2.45, 2.75) is 32.2 Å². The number of nitrogens with one attached hydrogen (secondary N) is 1. The molecule has 0 bridgehead atoms. The molecule has 1 unspecified atom stereocenters. The highest BCUT2D eigenvalue weighted by Gasteiger charge is 2.29. The highest BCUT2D eigenvalue weighted by molar-refractivity contribution is 7.12. The lowest BCUT2D eigenvalue weighted by molar-refractivity contribution is -0.137. The van der Waals surface area contributed by atoms with Gasteiger partial charge in [-0.3, -0.25) is 4.79 Å². The summed E-state index contributed by atoms with van der Waals surface area (Å²) in [6, 6.07) is 17.6. The molecule has 1 atom stereocenters. The monoisotopic (exact) mass is 421 g/mol. The van der Waals surface area contributed by atoms with Gasteiger partial charge in [-0.15, -0.1) is 11.3 Å². The number of ether oxygens (including phenoxy) is 1. The van der Waals surface area contributed by atoms with E-state index in [1.807, 2.05) is 44.2 Å². The van der Waals surface area contributed by atoms with Crippen LogP contribution >= 0.6 is 11.3 Å². The van der Waals surface area contributed by atoms with Gasteiger partial charge >= 0.3 is 12.1 Å². The number of carbonyl (C=O) groups excluding carboxylic acids is 1. The number of carboxylic acid groups (broad SMARTS) is 1. The molecule has 1 amide bonds. The van der Waals surface area contributed by atoms with E-state index >= 15 is 0 Å². The maximum absolute atomic E-state index is 12.6. The van der Waals surface area contributed by atoms with Crippen molar-refractivity contribution in [3.05, 3.63) is 81.0 Å². The summed E-state index contributed by atoms with van der Waals surface area (Å²) >= 11 is 1.58. The van der Waals surface area contributed by atoms with Crippen LogP contribution in [0.3, 0.4) is 0 Å². The highest BCUT2D eigenvalue weighted by atomic mass is 32.1. The molecule has 3 aromatic rings. The number of alkyl carbamates (subject to hydrolysis) is 1. The Hall–Kier alpha value is -3.12. The number of hydrogen-bond donors (Lipinski definition) is 2. The van der Waals surface area contributed by atoms with Gasteiger partial charge in [0.05, 0.1) is 12.5 Å². The van der Waals surface area contributed by atoms with E-state index in [4.69, 9.17) is 4.74 Å². The van der Waals surface area contributed by atoms with Crippen LogP contribution < -0.4 is 5.32 Å². The molecule has 6 heteroatoms. The fraction of sp³-hybridized carbons (Fsp3) is 0.250. The van der Waals surface area contributed by atoms with Gasteiger partial charge in [-0.2, -0.15) is 0 Å². The zero-order chi connectivity index (χ0) is 21.3. The van der Waals surface area contributed by atoms with Crippen LogP contribution in [0.2, 0.25) is 0 Å². The second kappa shape index (κ2) is 8.32. The van der Waals surface area contributed by atoms with Crippen LogP contribution in [-0.2, 0) is 9.53 Å².